The smallest absolute Gasteiger partial charge is 0.271 e. The molecule has 0 aliphatic heterocycles. The minimum atomic E-state index is -0.618. The fourth-order valence-corrected chi connectivity index (χ4v) is 1.77. The Balaban J connectivity index is 3.25. The third-order valence-electron chi connectivity index (χ3n) is 1.34. The van der Waals surface area contributed by atoms with E-state index in [-0.39, 0.29) is 15.9 Å². The van der Waals surface area contributed by atoms with Crippen molar-refractivity contribution in [3.05, 3.63) is 15.9 Å². The van der Waals surface area contributed by atoms with Gasteiger partial charge < -0.3 is 0 Å². The molecule has 14 heavy (non-hydrogen) atoms. The van der Waals surface area contributed by atoms with Crippen molar-refractivity contribution in [2.24, 2.45) is 5.84 Å². The monoisotopic (exact) mass is 252 g/mol. The van der Waals surface area contributed by atoms with Crippen molar-refractivity contribution in [3.8, 4) is 0 Å². The van der Waals surface area contributed by atoms with Crippen LogP contribution in [0, 0.1) is 0 Å². The van der Waals surface area contributed by atoms with E-state index < -0.39 is 5.91 Å². The Hall–Kier alpha value is -0.560. The Morgan fingerprint density at radius 2 is 1.93 bits per heavy atom. The second-order valence-electron chi connectivity index (χ2n) is 2.14. The van der Waals surface area contributed by atoms with Crippen molar-refractivity contribution in [2.75, 3.05) is 6.26 Å². The van der Waals surface area contributed by atoms with E-state index in [9.17, 15) is 4.79 Å². The third-order valence-corrected chi connectivity index (χ3v) is 2.44. The van der Waals surface area contributed by atoms with E-state index in [1.807, 2.05) is 5.43 Å². The van der Waals surface area contributed by atoms with Crippen LogP contribution in [0.4, 0.5) is 0 Å². The highest BCUT2D eigenvalue weighted by Crippen LogP contribution is 2.23. The lowest BCUT2D eigenvalue weighted by Crippen LogP contribution is -2.30. The summed E-state index contributed by atoms with van der Waals surface area (Å²) < 4.78 is 0. The summed E-state index contributed by atoms with van der Waals surface area (Å²) in [7, 11) is 0. The van der Waals surface area contributed by atoms with Gasteiger partial charge in [0.25, 0.3) is 5.91 Å². The average Bonchev–Trinajstić information content (AvgIpc) is 2.16. The van der Waals surface area contributed by atoms with Gasteiger partial charge in [-0.15, -0.1) is 0 Å². The Labute approximate surface area is 94.4 Å². The predicted octanol–water partition coefficient (Wildman–Crippen LogP) is 1.11. The Bertz CT molecular complexity index is 350. The highest BCUT2D eigenvalue weighted by atomic mass is 35.5. The fourth-order valence-electron chi connectivity index (χ4n) is 0.741. The molecular formula is C6H6Cl2N4OS. The summed E-state index contributed by atoms with van der Waals surface area (Å²) >= 11 is 12.7. The minimum absolute atomic E-state index is 0.0164. The lowest BCUT2D eigenvalue weighted by Gasteiger charge is -2.04. The van der Waals surface area contributed by atoms with E-state index in [0.29, 0.717) is 5.16 Å². The van der Waals surface area contributed by atoms with Gasteiger partial charge >= 0.3 is 0 Å². The minimum Gasteiger partial charge on any atom is -0.290 e. The maximum absolute atomic E-state index is 11.2. The van der Waals surface area contributed by atoms with Gasteiger partial charge in [-0.1, -0.05) is 35.0 Å². The SMILES string of the molecule is CSc1nc(Cl)c(C(=O)NN)c(Cl)n1. The number of nitrogen functional groups attached to an aromatic ring is 1. The molecule has 0 aliphatic carbocycles. The molecule has 0 fully saturated rings. The van der Waals surface area contributed by atoms with Crippen LogP contribution in [-0.4, -0.2) is 22.1 Å². The van der Waals surface area contributed by atoms with E-state index in [1.165, 1.54) is 11.8 Å². The fraction of sp³-hybridized carbons (Fsp3) is 0.167. The Morgan fingerprint density at radius 1 is 1.43 bits per heavy atom. The molecule has 1 amide bonds. The normalized spacial score (nSPS) is 10.0. The number of rotatable bonds is 2. The van der Waals surface area contributed by atoms with Gasteiger partial charge in [-0.3, -0.25) is 10.2 Å². The Kier molecular flexibility index (Phi) is 3.94. The van der Waals surface area contributed by atoms with Gasteiger partial charge in [0.2, 0.25) is 0 Å². The number of halogens is 2. The number of aromatic nitrogens is 2. The van der Waals surface area contributed by atoms with Gasteiger partial charge in [-0.2, -0.15) is 0 Å². The van der Waals surface area contributed by atoms with Gasteiger partial charge in [0.15, 0.2) is 5.16 Å². The van der Waals surface area contributed by atoms with Gasteiger partial charge in [0, 0.05) is 0 Å². The van der Waals surface area contributed by atoms with Crippen LogP contribution in [0.25, 0.3) is 0 Å². The van der Waals surface area contributed by atoms with Gasteiger partial charge in [0.05, 0.1) is 0 Å². The zero-order chi connectivity index (χ0) is 10.7. The molecule has 0 aromatic carbocycles. The summed E-state index contributed by atoms with van der Waals surface area (Å²) in [4.78, 5) is 18.8. The zero-order valence-electron chi connectivity index (χ0n) is 7.04. The summed E-state index contributed by atoms with van der Waals surface area (Å²) in [6, 6.07) is 0. The number of amides is 1. The summed E-state index contributed by atoms with van der Waals surface area (Å²) in [6.45, 7) is 0. The molecule has 1 heterocycles. The maximum Gasteiger partial charge on any atom is 0.271 e. The van der Waals surface area contributed by atoms with Gasteiger partial charge in [-0.05, 0) is 6.26 Å². The van der Waals surface area contributed by atoms with E-state index in [1.54, 1.807) is 6.26 Å². The average molecular weight is 253 g/mol. The van der Waals surface area contributed by atoms with Crippen LogP contribution < -0.4 is 11.3 Å². The number of nitrogens with zero attached hydrogens (tertiary/aromatic N) is 2. The van der Waals surface area contributed by atoms with E-state index in [4.69, 9.17) is 29.0 Å². The lowest BCUT2D eigenvalue weighted by molar-refractivity contribution is 0.0953. The second-order valence-corrected chi connectivity index (χ2v) is 3.63. The van der Waals surface area contributed by atoms with Crippen molar-refractivity contribution >= 4 is 40.9 Å². The quantitative estimate of drug-likeness (QED) is 0.206. The molecular weight excluding hydrogens is 247 g/mol. The summed E-state index contributed by atoms with van der Waals surface area (Å²) in [5, 5.41) is 0.364. The predicted molar refractivity (Wildman–Crippen MR) is 55.5 cm³/mol. The molecule has 0 saturated heterocycles. The molecule has 3 N–H and O–H groups in total. The number of hydrogen-bond donors (Lipinski definition) is 2. The molecule has 1 rings (SSSR count). The summed E-state index contributed by atoms with van der Waals surface area (Å²) in [5.41, 5.74) is 1.89. The van der Waals surface area contributed by atoms with Crippen molar-refractivity contribution in [1.29, 1.82) is 0 Å². The first kappa shape index (κ1) is 11.5. The van der Waals surface area contributed by atoms with Crippen molar-refractivity contribution in [3.63, 3.8) is 0 Å². The number of carbonyl (C=O) groups excluding carboxylic acids is 1. The zero-order valence-corrected chi connectivity index (χ0v) is 9.37. The number of hydrogen-bond acceptors (Lipinski definition) is 5. The molecule has 0 saturated carbocycles. The number of nitrogens with two attached hydrogens (primary N) is 1. The highest BCUT2D eigenvalue weighted by molar-refractivity contribution is 7.98. The van der Waals surface area contributed by atoms with Gasteiger partial charge in [0.1, 0.15) is 15.9 Å². The molecule has 5 nitrogen and oxygen atoms in total. The van der Waals surface area contributed by atoms with Gasteiger partial charge in [-0.25, -0.2) is 15.8 Å². The maximum atomic E-state index is 11.2. The number of carbonyl (C=O) groups is 1. The number of thioether (sulfide) groups is 1. The first-order valence-electron chi connectivity index (χ1n) is 3.38. The van der Waals surface area contributed by atoms with E-state index in [0.717, 1.165) is 0 Å². The van der Waals surface area contributed by atoms with Crippen LogP contribution in [-0.2, 0) is 0 Å². The molecule has 1 aromatic heterocycles. The van der Waals surface area contributed by atoms with Crippen LogP contribution in [0.3, 0.4) is 0 Å². The molecule has 1 aromatic rings. The van der Waals surface area contributed by atoms with Crippen molar-refractivity contribution in [1.82, 2.24) is 15.4 Å². The highest BCUT2D eigenvalue weighted by Gasteiger charge is 2.17. The molecule has 0 radical (unpaired) electrons. The Morgan fingerprint density at radius 3 is 2.29 bits per heavy atom. The number of hydrazine groups is 1. The van der Waals surface area contributed by atoms with Crippen molar-refractivity contribution in [2.45, 2.75) is 5.16 Å². The molecule has 0 unspecified atom stereocenters. The summed E-state index contributed by atoms with van der Waals surface area (Å²) in [6.07, 6.45) is 1.77. The van der Waals surface area contributed by atoms with Crippen LogP contribution >= 0.6 is 35.0 Å². The number of nitrogens with one attached hydrogen (secondary N) is 1. The first-order valence-corrected chi connectivity index (χ1v) is 5.36. The van der Waals surface area contributed by atoms with E-state index in [2.05, 4.69) is 9.97 Å². The van der Waals surface area contributed by atoms with Crippen LogP contribution in [0.15, 0.2) is 5.16 Å². The molecule has 0 spiro atoms. The largest absolute Gasteiger partial charge is 0.290 e. The van der Waals surface area contributed by atoms with Crippen LogP contribution in [0.1, 0.15) is 10.4 Å². The second kappa shape index (κ2) is 4.79. The summed E-state index contributed by atoms with van der Waals surface area (Å²) in [5.74, 6) is 4.32. The molecule has 8 heteroatoms. The van der Waals surface area contributed by atoms with E-state index >= 15 is 0 Å². The third kappa shape index (κ3) is 2.27. The molecule has 0 bridgehead atoms. The van der Waals surface area contributed by atoms with Crippen LogP contribution in [0.2, 0.25) is 10.3 Å². The van der Waals surface area contributed by atoms with Crippen LogP contribution in [0.5, 0.6) is 0 Å². The lowest BCUT2D eigenvalue weighted by atomic mass is 10.3. The topological polar surface area (TPSA) is 80.9 Å². The molecule has 76 valence electrons. The first-order chi connectivity index (χ1) is 6.60. The molecule has 0 aliphatic rings. The van der Waals surface area contributed by atoms with Crippen molar-refractivity contribution < 1.29 is 4.79 Å². The molecule has 0 atom stereocenters. The standard InChI is InChI=1S/C6H6Cl2N4OS/c1-14-6-10-3(7)2(4(8)11-6)5(13)12-9/h9H2,1H3,(H,12,13).